The first kappa shape index (κ1) is 23.3. The van der Waals surface area contributed by atoms with Crippen molar-refractivity contribution in [3.05, 3.63) is 0 Å². The summed E-state index contributed by atoms with van der Waals surface area (Å²) in [7, 11) is 0. The Bertz CT molecular complexity index is 517. The molecule has 2 saturated carbocycles. The van der Waals surface area contributed by atoms with E-state index in [1.807, 2.05) is 0 Å². The molecule has 9 heteroatoms. The number of alkyl halides is 7. The molecule has 0 aliphatic heterocycles. The van der Waals surface area contributed by atoms with E-state index in [-0.39, 0.29) is 12.8 Å². The quantitative estimate of drug-likeness (QED) is 0.352. The molecule has 0 amide bonds. The van der Waals surface area contributed by atoms with Gasteiger partial charge in [0.15, 0.2) is 0 Å². The number of hydrogen-bond acceptors (Lipinski definition) is 2. The molecule has 0 spiro atoms. The van der Waals surface area contributed by atoms with Crippen molar-refractivity contribution in [3.63, 3.8) is 0 Å². The Kier molecular flexibility index (Phi) is 7.29. The van der Waals surface area contributed by atoms with E-state index in [0.717, 1.165) is 38.0 Å². The molecule has 0 aromatic heterocycles. The van der Waals surface area contributed by atoms with Gasteiger partial charge in [0.1, 0.15) is 0 Å². The maximum Gasteiger partial charge on any atom is 0.476 e. The molecule has 0 saturated heterocycles. The van der Waals surface area contributed by atoms with Crippen LogP contribution in [0.25, 0.3) is 0 Å². The van der Waals surface area contributed by atoms with Crippen LogP contribution in [0.1, 0.15) is 71.1 Å². The lowest BCUT2D eigenvalue weighted by molar-refractivity contribution is -0.413. The van der Waals surface area contributed by atoms with Gasteiger partial charge < -0.3 is 4.74 Å². The van der Waals surface area contributed by atoms with Crippen LogP contribution in [-0.2, 0) is 9.53 Å². The molecule has 0 heterocycles. The Labute approximate surface area is 160 Å². The predicted molar refractivity (Wildman–Crippen MR) is 87.8 cm³/mol. The highest BCUT2D eigenvalue weighted by Crippen LogP contribution is 2.48. The average molecular weight is 420 g/mol. The first-order chi connectivity index (χ1) is 12.9. The normalized spacial score (nSPS) is 30.1. The molecule has 2 aliphatic rings. The average Bonchev–Trinajstić information content (AvgIpc) is 2.61. The third-order valence-electron chi connectivity index (χ3n) is 6.31. The first-order valence-corrected chi connectivity index (χ1v) is 9.94. The fourth-order valence-electron chi connectivity index (χ4n) is 4.62. The molecule has 0 aromatic rings. The third kappa shape index (κ3) is 5.12. The van der Waals surface area contributed by atoms with Gasteiger partial charge in [0, 0.05) is 0 Å². The number of ether oxygens (including phenoxy) is 1. The van der Waals surface area contributed by atoms with Crippen LogP contribution in [0.15, 0.2) is 0 Å². The summed E-state index contributed by atoms with van der Waals surface area (Å²) in [5, 5.41) is 0. The van der Waals surface area contributed by atoms with Crippen LogP contribution in [0.2, 0.25) is 0 Å². The SMILES string of the molecule is CCC[C@H]1CC[C@H]([C@H]2CC[C@H](C(=O)OC(F)(F)C(F)(F)C(F)(F)F)CC2)CC1. The first-order valence-electron chi connectivity index (χ1n) is 9.94. The molecule has 0 aromatic carbocycles. The molecule has 0 radical (unpaired) electrons. The van der Waals surface area contributed by atoms with E-state index in [1.165, 1.54) is 6.42 Å². The topological polar surface area (TPSA) is 26.3 Å². The number of carbonyl (C=O) groups is 1. The largest absolute Gasteiger partial charge is 0.476 e. The predicted octanol–water partition coefficient (Wildman–Crippen LogP) is 6.73. The van der Waals surface area contributed by atoms with Crippen molar-refractivity contribution < 1.29 is 40.3 Å². The number of hydrogen-bond donors (Lipinski definition) is 0. The van der Waals surface area contributed by atoms with E-state index in [1.54, 1.807) is 0 Å². The summed E-state index contributed by atoms with van der Waals surface area (Å²) in [5.74, 6) is -7.60. The lowest BCUT2D eigenvalue weighted by Crippen LogP contribution is -2.54. The van der Waals surface area contributed by atoms with Gasteiger partial charge in [-0.25, -0.2) is 0 Å². The summed E-state index contributed by atoms with van der Waals surface area (Å²) in [4.78, 5) is 11.8. The Morgan fingerprint density at radius 2 is 1.29 bits per heavy atom. The van der Waals surface area contributed by atoms with Gasteiger partial charge in [-0.05, 0) is 56.3 Å². The molecular weight excluding hydrogens is 393 g/mol. The highest BCUT2D eigenvalue weighted by atomic mass is 19.4. The number of esters is 1. The van der Waals surface area contributed by atoms with E-state index in [0.29, 0.717) is 24.7 Å². The van der Waals surface area contributed by atoms with Crippen LogP contribution < -0.4 is 0 Å². The van der Waals surface area contributed by atoms with E-state index in [9.17, 15) is 35.5 Å². The van der Waals surface area contributed by atoms with Gasteiger partial charge in [-0.3, -0.25) is 4.79 Å². The van der Waals surface area contributed by atoms with Gasteiger partial charge in [0.05, 0.1) is 5.92 Å². The van der Waals surface area contributed by atoms with E-state index >= 15 is 0 Å². The summed E-state index contributed by atoms with van der Waals surface area (Å²) < 4.78 is 92.0. The standard InChI is InChI=1S/C19H27F7O2/c1-2-3-12-4-6-13(7-5-12)14-8-10-15(11-9-14)16(27)28-19(25,26)17(20,21)18(22,23)24/h12-15H,2-11H2,1H3/t12-,13-,14-,15-. The Morgan fingerprint density at radius 3 is 1.71 bits per heavy atom. The second-order valence-electron chi connectivity index (χ2n) is 8.19. The maximum atomic E-state index is 13.3. The number of rotatable bonds is 6. The molecule has 2 nitrogen and oxygen atoms in total. The second-order valence-corrected chi connectivity index (χ2v) is 8.19. The second kappa shape index (κ2) is 8.78. The number of carbonyl (C=O) groups excluding carboxylic acids is 1. The molecule has 0 N–H and O–H groups in total. The maximum absolute atomic E-state index is 13.3. The monoisotopic (exact) mass is 420 g/mol. The van der Waals surface area contributed by atoms with Gasteiger partial charge >= 0.3 is 24.2 Å². The summed E-state index contributed by atoms with van der Waals surface area (Å²) in [6, 6.07) is 0. The van der Waals surface area contributed by atoms with Crippen LogP contribution in [0.3, 0.4) is 0 Å². The molecule has 0 bridgehead atoms. The molecule has 2 fully saturated rings. The smallest absolute Gasteiger partial charge is 0.396 e. The van der Waals surface area contributed by atoms with Crippen molar-refractivity contribution in [1.29, 1.82) is 0 Å². The zero-order chi connectivity index (χ0) is 21.2. The van der Waals surface area contributed by atoms with Crippen molar-refractivity contribution >= 4 is 5.97 Å². The lowest BCUT2D eigenvalue weighted by Gasteiger charge is -2.37. The van der Waals surface area contributed by atoms with E-state index < -0.39 is 30.1 Å². The summed E-state index contributed by atoms with van der Waals surface area (Å²) in [5.41, 5.74) is 0. The van der Waals surface area contributed by atoms with Crippen LogP contribution >= 0.6 is 0 Å². The molecule has 28 heavy (non-hydrogen) atoms. The zero-order valence-corrected chi connectivity index (χ0v) is 15.8. The van der Waals surface area contributed by atoms with Crippen LogP contribution in [0, 0.1) is 23.7 Å². The molecule has 164 valence electrons. The summed E-state index contributed by atoms with van der Waals surface area (Å²) in [6.45, 7) is 2.15. The Balaban J connectivity index is 1.84. The molecule has 0 unspecified atom stereocenters. The fourth-order valence-corrected chi connectivity index (χ4v) is 4.62. The minimum atomic E-state index is -6.51. The molecular formula is C19H27F7O2. The van der Waals surface area contributed by atoms with Crippen molar-refractivity contribution in [3.8, 4) is 0 Å². The lowest BCUT2D eigenvalue weighted by atomic mass is 9.69. The molecule has 0 atom stereocenters. The summed E-state index contributed by atoms with van der Waals surface area (Å²) >= 11 is 0. The number of halogens is 7. The van der Waals surface area contributed by atoms with Gasteiger partial charge in [0.25, 0.3) is 0 Å². The Hall–Kier alpha value is -1.02. The van der Waals surface area contributed by atoms with Crippen molar-refractivity contribution in [2.24, 2.45) is 23.7 Å². The minimum Gasteiger partial charge on any atom is -0.396 e. The van der Waals surface area contributed by atoms with Crippen LogP contribution in [0.4, 0.5) is 30.7 Å². The van der Waals surface area contributed by atoms with E-state index in [4.69, 9.17) is 0 Å². The molecule has 2 aliphatic carbocycles. The third-order valence-corrected chi connectivity index (χ3v) is 6.31. The van der Waals surface area contributed by atoms with Crippen molar-refractivity contribution in [1.82, 2.24) is 0 Å². The fraction of sp³-hybridized carbons (Fsp3) is 0.947. The van der Waals surface area contributed by atoms with Crippen LogP contribution in [-0.4, -0.2) is 24.2 Å². The van der Waals surface area contributed by atoms with Crippen LogP contribution in [0.5, 0.6) is 0 Å². The van der Waals surface area contributed by atoms with Crippen molar-refractivity contribution in [2.45, 2.75) is 89.3 Å². The highest BCUT2D eigenvalue weighted by Gasteiger charge is 2.76. The summed E-state index contributed by atoms with van der Waals surface area (Å²) in [6.07, 6.45) is -4.10. The highest BCUT2D eigenvalue weighted by molar-refractivity contribution is 5.72. The van der Waals surface area contributed by atoms with Gasteiger partial charge in [-0.2, -0.15) is 30.7 Å². The van der Waals surface area contributed by atoms with Gasteiger partial charge in [-0.15, -0.1) is 0 Å². The van der Waals surface area contributed by atoms with Crippen molar-refractivity contribution in [2.75, 3.05) is 0 Å². The van der Waals surface area contributed by atoms with Gasteiger partial charge in [-0.1, -0.05) is 32.6 Å². The molecule has 2 rings (SSSR count). The Morgan fingerprint density at radius 1 is 0.821 bits per heavy atom. The minimum absolute atomic E-state index is 0.173. The zero-order valence-electron chi connectivity index (χ0n) is 15.8. The van der Waals surface area contributed by atoms with Gasteiger partial charge in [0.2, 0.25) is 0 Å². The van der Waals surface area contributed by atoms with E-state index in [2.05, 4.69) is 11.7 Å².